The number of amides is 2. The van der Waals surface area contributed by atoms with Crippen LogP contribution in [0.4, 0.5) is 8.78 Å². The Balaban J connectivity index is 1.27. The normalized spacial score (nSPS) is 17.4. The second-order valence-electron chi connectivity index (χ2n) is 7.69. The van der Waals surface area contributed by atoms with Crippen molar-refractivity contribution in [3.8, 4) is 0 Å². The maximum Gasteiger partial charge on any atom is 0.253 e. The van der Waals surface area contributed by atoms with Gasteiger partial charge in [0.2, 0.25) is 5.91 Å². The number of aromatic nitrogens is 1. The van der Waals surface area contributed by atoms with Crippen molar-refractivity contribution >= 4 is 23.2 Å². The number of nitrogens with one attached hydrogen (secondary N) is 1. The van der Waals surface area contributed by atoms with Gasteiger partial charge >= 0.3 is 0 Å². The molecule has 1 aromatic heterocycles. The number of piperidine rings is 1. The second kappa shape index (κ2) is 8.57. The molecule has 2 fully saturated rings. The lowest BCUT2D eigenvalue weighted by molar-refractivity contribution is -0.122. The van der Waals surface area contributed by atoms with Gasteiger partial charge in [0.25, 0.3) is 5.91 Å². The molecule has 1 aliphatic heterocycles. The highest BCUT2D eigenvalue weighted by Gasteiger charge is 2.29. The average Bonchev–Trinajstić information content (AvgIpc) is 3.48. The van der Waals surface area contributed by atoms with E-state index in [0.29, 0.717) is 25.6 Å². The number of nitrogens with zero attached hydrogens (tertiary/aromatic N) is 2. The Hall–Kier alpha value is -2.35. The summed E-state index contributed by atoms with van der Waals surface area (Å²) >= 11 is 1.62. The molecule has 1 aliphatic carbocycles. The molecular weight excluding hydrogens is 396 g/mol. The molecule has 0 atom stereocenters. The number of hydrogen-bond acceptors (Lipinski definition) is 4. The second-order valence-corrected chi connectivity index (χ2v) is 8.58. The molecule has 0 bridgehead atoms. The van der Waals surface area contributed by atoms with E-state index in [1.165, 1.54) is 6.07 Å². The van der Waals surface area contributed by atoms with E-state index in [1.807, 2.05) is 5.38 Å². The van der Waals surface area contributed by atoms with Gasteiger partial charge in [-0.25, -0.2) is 13.8 Å². The maximum atomic E-state index is 13.4. The first-order chi connectivity index (χ1) is 14.0. The van der Waals surface area contributed by atoms with Crippen LogP contribution >= 0.6 is 11.3 Å². The van der Waals surface area contributed by atoms with Crippen molar-refractivity contribution in [2.24, 2.45) is 5.92 Å². The third-order valence-electron chi connectivity index (χ3n) is 5.50. The van der Waals surface area contributed by atoms with Crippen LogP contribution in [0.5, 0.6) is 0 Å². The third kappa shape index (κ3) is 4.80. The molecule has 1 saturated heterocycles. The molecule has 1 saturated carbocycles. The SMILES string of the molecule is O=C(NCCc1csc(C2CCN(C(=O)c3ccc(F)c(F)c3)CC2)n1)C1CC1. The summed E-state index contributed by atoms with van der Waals surface area (Å²) in [4.78, 5) is 30.6. The summed E-state index contributed by atoms with van der Waals surface area (Å²) in [7, 11) is 0. The fraction of sp³-hybridized carbons (Fsp3) is 0.476. The fourth-order valence-electron chi connectivity index (χ4n) is 3.57. The van der Waals surface area contributed by atoms with Crippen LogP contribution in [0.25, 0.3) is 0 Å². The molecular formula is C21H23F2N3O2S. The van der Waals surface area contributed by atoms with Crippen LogP contribution in [0, 0.1) is 17.6 Å². The molecule has 2 amide bonds. The van der Waals surface area contributed by atoms with Gasteiger partial charge in [-0.05, 0) is 43.9 Å². The Morgan fingerprint density at radius 2 is 1.90 bits per heavy atom. The number of hydrogen-bond donors (Lipinski definition) is 1. The highest BCUT2D eigenvalue weighted by atomic mass is 32.1. The third-order valence-corrected chi connectivity index (χ3v) is 6.55. The molecule has 154 valence electrons. The zero-order valence-corrected chi connectivity index (χ0v) is 16.8. The molecule has 1 aromatic carbocycles. The average molecular weight is 419 g/mol. The van der Waals surface area contributed by atoms with E-state index in [1.54, 1.807) is 16.2 Å². The maximum absolute atomic E-state index is 13.4. The Kier molecular flexibility index (Phi) is 5.89. The van der Waals surface area contributed by atoms with Gasteiger partial charge < -0.3 is 10.2 Å². The van der Waals surface area contributed by atoms with Gasteiger partial charge in [0.1, 0.15) is 0 Å². The van der Waals surface area contributed by atoms with Crippen LogP contribution in [0.2, 0.25) is 0 Å². The van der Waals surface area contributed by atoms with E-state index < -0.39 is 11.6 Å². The van der Waals surface area contributed by atoms with Gasteiger partial charge in [-0.1, -0.05) is 0 Å². The van der Waals surface area contributed by atoms with Gasteiger partial charge in [-0.15, -0.1) is 11.3 Å². The highest BCUT2D eigenvalue weighted by molar-refractivity contribution is 7.09. The lowest BCUT2D eigenvalue weighted by Crippen LogP contribution is -2.38. The van der Waals surface area contributed by atoms with Crippen molar-refractivity contribution < 1.29 is 18.4 Å². The molecule has 0 radical (unpaired) electrons. The number of thiazole rings is 1. The summed E-state index contributed by atoms with van der Waals surface area (Å²) in [5.41, 5.74) is 1.16. The molecule has 2 aromatic rings. The van der Waals surface area contributed by atoms with Crippen LogP contribution in [-0.4, -0.2) is 41.3 Å². The smallest absolute Gasteiger partial charge is 0.253 e. The summed E-state index contributed by atoms with van der Waals surface area (Å²) in [5.74, 6) is -1.56. The topological polar surface area (TPSA) is 62.3 Å². The summed E-state index contributed by atoms with van der Waals surface area (Å²) in [6.45, 7) is 1.74. The van der Waals surface area contributed by atoms with Gasteiger partial charge in [-0.2, -0.15) is 0 Å². The predicted octanol–water partition coefficient (Wildman–Crippen LogP) is 3.51. The number of rotatable bonds is 6. The molecule has 2 heterocycles. The van der Waals surface area contributed by atoms with Crippen LogP contribution in [0.3, 0.4) is 0 Å². The Bertz CT molecular complexity index is 905. The lowest BCUT2D eigenvalue weighted by Gasteiger charge is -2.31. The Morgan fingerprint density at radius 3 is 2.59 bits per heavy atom. The minimum Gasteiger partial charge on any atom is -0.355 e. The summed E-state index contributed by atoms with van der Waals surface area (Å²) in [5, 5.41) is 6.06. The largest absolute Gasteiger partial charge is 0.355 e. The standard InChI is InChI=1S/C21H23F2N3O2S/c22-17-4-3-15(11-18(17)23)21(28)26-9-6-14(7-10-26)20-25-16(12-29-20)5-8-24-19(27)13-1-2-13/h3-4,11-14H,1-2,5-10H2,(H,24,27). The van der Waals surface area contributed by atoms with Gasteiger partial charge in [0, 0.05) is 48.8 Å². The molecule has 29 heavy (non-hydrogen) atoms. The van der Waals surface area contributed by atoms with Crippen molar-refractivity contribution in [1.82, 2.24) is 15.2 Å². The number of benzene rings is 1. The lowest BCUT2D eigenvalue weighted by atomic mass is 9.97. The molecule has 8 heteroatoms. The van der Waals surface area contributed by atoms with Crippen molar-refractivity contribution in [2.45, 2.75) is 38.0 Å². The molecule has 0 unspecified atom stereocenters. The first-order valence-electron chi connectivity index (χ1n) is 9.97. The van der Waals surface area contributed by atoms with E-state index in [2.05, 4.69) is 5.32 Å². The Morgan fingerprint density at radius 1 is 1.14 bits per heavy atom. The molecule has 2 aliphatic rings. The monoisotopic (exact) mass is 419 g/mol. The van der Waals surface area contributed by atoms with E-state index >= 15 is 0 Å². The Labute approximate surface area is 172 Å². The number of likely N-dealkylation sites (tertiary alicyclic amines) is 1. The van der Waals surface area contributed by atoms with Crippen molar-refractivity contribution in [3.05, 3.63) is 51.5 Å². The van der Waals surface area contributed by atoms with Gasteiger partial charge in [0.15, 0.2) is 11.6 Å². The quantitative estimate of drug-likeness (QED) is 0.780. The molecule has 4 rings (SSSR count). The van der Waals surface area contributed by atoms with Crippen LogP contribution in [0.15, 0.2) is 23.6 Å². The van der Waals surface area contributed by atoms with Crippen molar-refractivity contribution in [3.63, 3.8) is 0 Å². The van der Waals surface area contributed by atoms with Crippen LogP contribution in [0.1, 0.15) is 52.7 Å². The summed E-state index contributed by atoms with van der Waals surface area (Å²) < 4.78 is 26.5. The number of carbonyl (C=O) groups excluding carboxylic acids is 2. The van der Waals surface area contributed by atoms with E-state index in [0.717, 1.165) is 54.9 Å². The summed E-state index contributed by atoms with van der Waals surface area (Å²) in [6.07, 6.45) is 4.32. The predicted molar refractivity (Wildman–Crippen MR) is 106 cm³/mol. The minimum absolute atomic E-state index is 0.151. The zero-order valence-electron chi connectivity index (χ0n) is 16.0. The van der Waals surface area contributed by atoms with Crippen LogP contribution < -0.4 is 5.32 Å². The van der Waals surface area contributed by atoms with E-state index in [9.17, 15) is 18.4 Å². The van der Waals surface area contributed by atoms with Gasteiger partial charge in [0.05, 0.1) is 10.7 Å². The fourth-order valence-corrected chi connectivity index (χ4v) is 4.60. The molecule has 5 nitrogen and oxygen atoms in total. The van der Waals surface area contributed by atoms with Crippen molar-refractivity contribution in [2.75, 3.05) is 19.6 Å². The molecule has 0 spiro atoms. The minimum atomic E-state index is -1.01. The van der Waals surface area contributed by atoms with Crippen molar-refractivity contribution in [1.29, 1.82) is 0 Å². The van der Waals surface area contributed by atoms with E-state index in [4.69, 9.17) is 4.98 Å². The van der Waals surface area contributed by atoms with E-state index in [-0.39, 0.29) is 23.3 Å². The first kappa shape index (κ1) is 19.9. The molecule has 1 N–H and O–H groups in total. The highest BCUT2D eigenvalue weighted by Crippen LogP contribution is 2.31. The number of halogens is 2. The van der Waals surface area contributed by atoms with Crippen LogP contribution in [-0.2, 0) is 11.2 Å². The van der Waals surface area contributed by atoms with Gasteiger partial charge in [-0.3, -0.25) is 9.59 Å². The number of carbonyl (C=O) groups is 2. The summed E-state index contributed by atoms with van der Waals surface area (Å²) in [6, 6.07) is 3.26. The zero-order chi connectivity index (χ0) is 20.4. The first-order valence-corrected chi connectivity index (χ1v) is 10.9.